The number of ether oxygens (including phenoxy) is 2. The average Bonchev–Trinajstić information content (AvgIpc) is 3.34. The number of hydrogen-bond acceptors (Lipinski definition) is 8. The number of carbonyl (C=O) groups excluding carboxylic acids is 1. The Morgan fingerprint density at radius 2 is 1.64 bits per heavy atom. The molecule has 186 valence electrons. The van der Waals surface area contributed by atoms with Crippen LogP contribution in [0.5, 0.6) is 11.5 Å². The first-order valence-electron chi connectivity index (χ1n) is 12.1. The largest absolute Gasteiger partial charge is 0.494 e. The van der Waals surface area contributed by atoms with Crippen molar-refractivity contribution in [3.8, 4) is 17.2 Å². The Morgan fingerprint density at radius 3 is 2.31 bits per heavy atom. The van der Waals surface area contributed by atoms with Crippen molar-refractivity contribution in [2.45, 2.75) is 26.9 Å². The van der Waals surface area contributed by atoms with Crippen LogP contribution in [-0.2, 0) is 0 Å². The zero-order valence-corrected chi connectivity index (χ0v) is 20.7. The first-order chi connectivity index (χ1) is 17.5. The summed E-state index contributed by atoms with van der Waals surface area (Å²) in [6.07, 6.45) is 1.63. The molecule has 0 bridgehead atoms. The van der Waals surface area contributed by atoms with Gasteiger partial charge in [0, 0.05) is 31.7 Å². The van der Waals surface area contributed by atoms with Gasteiger partial charge in [-0.2, -0.15) is 4.68 Å². The van der Waals surface area contributed by atoms with Gasteiger partial charge in [-0.1, -0.05) is 5.21 Å². The van der Waals surface area contributed by atoms with E-state index in [0.29, 0.717) is 49.5 Å². The van der Waals surface area contributed by atoms with Gasteiger partial charge in [0.2, 0.25) is 0 Å². The summed E-state index contributed by atoms with van der Waals surface area (Å²) in [5.74, 6) is 2.30. The lowest BCUT2D eigenvalue weighted by Gasteiger charge is -2.35. The average molecular weight is 488 g/mol. The number of fused-ring (bicyclic) bond motifs is 1. The predicted octanol–water partition coefficient (Wildman–Crippen LogP) is 3.36. The van der Waals surface area contributed by atoms with E-state index in [4.69, 9.17) is 9.47 Å². The number of benzene rings is 2. The van der Waals surface area contributed by atoms with Crippen LogP contribution in [0.25, 0.3) is 16.9 Å². The van der Waals surface area contributed by atoms with Crippen LogP contribution in [0, 0.1) is 0 Å². The van der Waals surface area contributed by atoms with Crippen molar-refractivity contribution in [2.75, 3.05) is 37.7 Å². The molecule has 0 atom stereocenters. The zero-order chi connectivity index (χ0) is 25.1. The van der Waals surface area contributed by atoms with Gasteiger partial charge >= 0.3 is 0 Å². The maximum absolute atomic E-state index is 13.0. The Bertz CT molecular complexity index is 1330. The highest BCUT2D eigenvalue weighted by Crippen LogP contribution is 2.25. The first-order valence-corrected chi connectivity index (χ1v) is 12.1. The number of piperazine rings is 1. The van der Waals surface area contributed by atoms with E-state index in [1.54, 1.807) is 4.68 Å². The smallest absolute Gasteiger partial charge is 0.253 e. The van der Waals surface area contributed by atoms with Crippen LogP contribution >= 0.6 is 0 Å². The molecule has 1 aliphatic rings. The number of anilines is 1. The summed E-state index contributed by atoms with van der Waals surface area (Å²) in [5.41, 5.74) is 2.76. The van der Waals surface area contributed by atoms with Crippen LogP contribution in [0.15, 0.2) is 54.9 Å². The number of hydrogen-bond donors (Lipinski definition) is 0. The highest BCUT2D eigenvalue weighted by atomic mass is 16.5. The number of carbonyl (C=O) groups is 1. The van der Waals surface area contributed by atoms with E-state index in [-0.39, 0.29) is 12.0 Å². The van der Waals surface area contributed by atoms with E-state index < -0.39 is 0 Å². The van der Waals surface area contributed by atoms with Crippen molar-refractivity contribution < 1.29 is 14.3 Å². The maximum atomic E-state index is 13.0. The van der Waals surface area contributed by atoms with Crippen LogP contribution in [0.3, 0.4) is 0 Å². The summed E-state index contributed by atoms with van der Waals surface area (Å²) in [7, 11) is 0. The second-order valence-corrected chi connectivity index (χ2v) is 8.77. The van der Waals surface area contributed by atoms with Crippen LogP contribution in [0.4, 0.5) is 5.82 Å². The zero-order valence-electron chi connectivity index (χ0n) is 20.7. The van der Waals surface area contributed by atoms with Crippen LogP contribution in [-0.4, -0.2) is 74.7 Å². The molecule has 10 nitrogen and oxygen atoms in total. The maximum Gasteiger partial charge on any atom is 0.253 e. The molecular formula is C26H29N7O3. The molecule has 1 amide bonds. The predicted molar refractivity (Wildman–Crippen MR) is 136 cm³/mol. The molecule has 10 heteroatoms. The van der Waals surface area contributed by atoms with Crippen molar-refractivity contribution in [1.29, 1.82) is 0 Å². The van der Waals surface area contributed by atoms with Crippen molar-refractivity contribution in [3.05, 3.63) is 60.4 Å². The molecule has 4 aromatic rings. The summed E-state index contributed by atoms with van der Waals surface area (Å²) >= 11 is 0. The minimum atomic E-state index is 0.0139. The van der Waals surface area contributed by atoms with Crippen LogP contribution in [0.1, 0.15) is 31.1 Å². The minimum Gasteiger partial charge on any atom is -0.494 e. The highest BCUT2D eigenvalue weighted by molar-refractivity contribution is 5.94. The van der Waals surface area contributed by atoms with Gasteiger partial charge in [-0.15, -0.1) is 5.10 Å². The van der Waals surface area contributed by atoms with Gasteiger partial charge < -0.3 is 19.3 Å². The SMILES string of the molecule is CCOc1ccc(-n2nnc3c(N4CCN(C(=O)c5ccc(OC(C)C)cc5)CC4)ncnc32)cc1. The lowest BCUT2D eigenvalue weighted by atomic mass is 10.1. The molecule has 3 heterocycles. The van der Waals surface area contributed by atoms with Crippen molar-refractivity contribution in [2.24, 2.45) is 0 Å². The van der Waals surface area contributed by atoms with Gasteiger partial charge in [-0.05, 0) is 69.3 Å². The second kappa shape index (κ2) is 10.2. The molecule has 36 heavy (non-hydrogen) atoms. The van der Waals surface area contributed by atoms with E-state index in [9.17, 15) is 4.79 Å². The molecule has 0 aliphatic carbocycles. The standard InChI is InChI=1S/C26H29N7O3/c1-4-35-21-11-7-20(8-12-21)33-25-23(29-30-33)24(27-17-28-25)31-13-15-32(16-14-31)26(34)19-5-9-22(10-6-19)36-18(2)3/h5-12,17-18H,4,13-16H2,1-3H3. The van der Waals surface area contributed by atoms with E-state index >= 15 is 0 Å². The number of nitrogens with zero attached hydrogens (tertiary/aromatic N) is 7. The van der Waals surface area contributed by atoms with Gasteiger partial charge in [0.25, 0.3) is 5.91 Å². The Labute approximate surface area is 209 Å². The molecule has 0 radical (unpaired) electrons. The van der Waals surface area contributed by atoms with E-state index in [2.05, 4.69) is 25.2 Å². The number of aromatic nitrogens is 5. The van der Waals surface area contributed by atoms with Crippen LogP contribution < -0.4 is 14.4 Å². The molecule has 0 N–H and O–H groups in total. The Morgan fingerprint density at radius 1 is 0.944 bits per heavy atom. The van der Waals surface area contributed by atoms with Gasteiger partial charge in [-0.25, -0.2) is 9.97 Å². The number of amides is 1. The fraction of sp³-hybridized carbons (Fsp3) is 0.346. The summed E-state index contributed by atoms with van der Waals surface area (Å²) in [5, 5.41) is 8.71. The molecular weight excluding hydrogens is 458 g/mol. The Balaban J connectivity index is 1.28. The van der Waals surface area contributed by atoms with Gasteiger partial charge in [0.05, 0.1) is 18.4 Å². The lowest BCUT2D eigenvalue weighted by Crippen LogP contribution is -2.49. The van der Waals surface area contributed by atoms with Crippen LogP contribution in [0.2, 0.25) is 0 Å². The van der Waals surface area contributed by atoms with Gasteiger partial charge in [0.1, 0.15) is 17.8 Å². The molecule has 0 spiro atoms. The normalized spacial score (nSPS) is 13.9. The van der Waals surface area contributed by atoms with Gasteiger partial charge in [-0.3, -0.25) is 4.79 Å². The molecule has 5 rings (SSSR count). The first kappa shape index (κ1) is 23.5. The quantitative estimate of drug-likeness (QED) is 0.391. The van der Waals surface area contributed by atoms with Crippen molar-refractivity contribution in [1.82, 2.24) is 29.9 Å². The third kappa shape index (κ3) is 4.79. The minimum absolute atomic E-state index is 0.0139. The third-order valence-corrected chi connectivity index (χ3v) is 5.95. The molecule has 1 saturated heterocycles. The fourth-order valence-electron chi connectivity index (χ4n) is 4.24. The van der Waals surface area contributed by atoms with Crippen molar-refractivity contribution >= 4 is 22.9 Å². The molecule has 0 saturated carbocycles. The van der Waals surface area contributed by atoms with Crippen molar-refractivity contribution in [3.63, 3.8) is 0 Å². The monoisotopic (exact) mass is 487 g/mol. The highest BCUT2D eigenvalue weighted by Gasteiger charge is 2.25. The molecule has 2 aromatic heterocycles. The second-order valence-electron chi connectivity index (χ2n) is 8.77. The molecule has 1 fully saturated rings. The van der Waals surface area contributed by atoms with E-state index in [0.717, 1.165) is 23.0 Å². The number of rotatable bonds is 7. The van der Waals surface area contributed by atoms with E-state index in [1.165, 1.54) is 6.33 Å². The fourth-order valence-corrected chi connectivity index (χ4v) is 4.24. The summed E-state index contributed by atoms with van der Waals surface area (Å²) in [6.45, 7) is 8.97. The third-order valence-electron chi connectivity index (χ3n) is 5.95. The Kier molecular flexibility index (Phi) is 6.66. The summed E-state index contributed by atoms with van der Waals surface area (Å²) < 4.78 is 12.9. The summed E-state index contributed by atoms with van der Waals surface area (Å²) in [4.78, 5) is 25.9. The lowest BCUT2D eigenvalue weighted by molar-refractivity contribution is 0.0746. The molecule has 2 aromatic carbocycles. The van der Waals surface area contributed by atoms with E-state index in [1.807, 2.05) is 74.2 Å². The molecule has 1 aliphatic heterocycles. The topological polar surface area (TPSA) is 98.5 Å². The molecule has 0 unspecified atom stereocenters. The Hall–Kier alpha value is -4.21. The summed E-state index contributed by atoms with van der Waals surface area (Å²) in [6, 6.07) is 15.0. The van der Waals surface area contributed by atoms with Gasteiger partial charge in [0.15, 0.2) is 17.0 Å².